The van der Waals surface area contributed by atoms with Gasteiger partial charge in [0.05, 0.1) is 17.3 Å². The summed E-state index contributed by atoms with van der Waals surface area (Å²) in [4.78, 5) is 17.3. The Labute approximate surface area is 159 Å². The van der Waals surface area contributed by atoms with E-state index in [1.165, 1.54) is 17.0 Å². The molecule has 146 valence electrons. The van der Waals surface area contributed by atoms with Gasteiger partial charge in [0.15, 0.2) is 5.15 Å². The summed E-state index contributed by atoms with van der Waals surface area (Å²) in [7, 11) is 0. The van der Waals surface area contributed by atoms with Gasteiger partial charge in [-0.25, -0.2) is 9.78 Å². The van der Waals surface area contributed by atoms with E-state index in [0.717, 1.165) is 18.0 Å². The van der Waals surface area contributed by atoms with Crippen LogP contribution in [0.5, 0.6) is 0 Å². The molecule has 0 radical (unpaired) electrons. The summed E-state index contributed by atoms with van der Waals surface area (Å²) in [5.41, 5.74) is 0.663. The molecule has 2 heterocycles. The van der Waals surface area contributed by atoms with Crippen LogP contribution in [-0.4, -0.2) is 32.2 Å². The summed E-state index contributed by atoms with van der Waals surface area (Å²) in [5, 5.41) is 9.83. The Morgan fingerprint density at radius 1 is 1.30 bits per heavy atom. The first-order valence-electron chi connectivity index (χ1n) is 8.62. The van der Waals surface area contributed by atoms with Crippen molar-refractivity contribution in [2.45, 2.75) is 44.9 Å². The van der Waals surface area contributed by atoms with Crippen LogP contribution >= 0.6 is 11.6 Å². The third-order valence-corrected chi connectivity index (χ3v) is 5.13. The number of hydrogen-bond donors (Lipinski definition) is 1. The van der Waals surface area contributed by atoms with Gasteiger partial charge in [0.1, 0.15) is 5.82 Å². The summed E-state index contributed by atoms with van der Waals surface area (Å²) in [6, 6.07) is 4.44. The Morgan fingerprint density at radius 3 is 2.52 bits per heavy atom. The fraction of sp³-hybridized carbons (Fsp3) is 0.444. The van der Waals surface area contributed by atoms with Crippen molar-refractivity contribution >= 4 is 17.7 Å². The molecule has 0 spiro atoms. The second kappa shape index (κ2) is 7.42. The highest BCUT2D eigenvalue weighted by Gasteiger charge is 2.35. The first-order valence-corrected chi connectivity index (χ1v) is 9.00. The second-order valence-corrected chi connectivity index (χ2v) is 6.79. The number of nitrogens with zero attached hydrogens (tertiary/aromatic N) is 3. The fourth-order valence-corrected chi connectivity index (χ4v) is 3.84. The SMILES string of the molecule is CCc1nc(Cl)c2n1CCN(C(=O)O)C2CCc1ccc(C(F)(F)F)cc1. The maximum absolute atomic E-state index is 12.7. The van der Waals surface area contributed by atoms with Gasteiger partial charge < -0.3 is 9.67 Å². The first kappa shape index (κ1) is 19.5. The fourth-order valence-electron chi connectivity index (χ4n) is 3.51. The predicted molar refractivity (Wildman–Crippen MR) is 93.9 cm³/mol. The predicted octanol–water partition coefficient (Wildman–Crippen LogP) is 4.79. The molecular weight excluding hydrogens is 383 g/mol. The van der Waals surface area contributed by atoms with Crippen LogP contribution in [0.2, 0.25) is 5.15 Å². The molecule has 1 atom stereocenters. The summed E-state index contributed by atoms with van der Waals surface area (Å²) in [6.45, 7) is 2.76. The van der Waals surface area contributed by atoms with Gasteiger partial charge >= 0.3 is 12.3 Å². The van der Waals surface area contributed by atoms with E-state index in [1.807, 2.05) is 11.5 Å². The van der Waals surface area contributed by atoms with Gasteiger partial charge in [-0.1, -0.05) is 30.7 Å². The molecular formula is C18H19ClF3N3O2. The average Bonchev–Trinajstić information content (AvgIpc) is 2.95. The van der Waals surface area contributed by atoms with Crippen LogP contribution in [0.3, 0.4) is 0 Å². The number of alkyl halides is 3. The zero-order chi connectivity index (χ0) is 19.8. The molecule has 1 N–H and O–H groups in total. The van der Waals surface area contributed by atoms with E-state index in [0.29, 0.717) is 43.6 Å². The molecule has 1 aromatic carbocycles. The van der Waals surface area contributed by atoms with Crippen LogP contribution in [-0.2, 0) is 25.6 Å². The number of halogens is 4. The standard InChI is InChI=1S/C18H19ClF3N3O2/c1-2-14-23-16(19)15-13(24(17(26)27)9-10-25(14)15)8-5-11-3-6-12(7-4-11)18(20,21)22/h3-4,6-7,13H,2,5,8-10H2,1H3,(H,26,27). The molecule has 3 rings (SSSR count). The first-order chi connectivity index (χ1) is 12.7. The number of carboxylic acid groups (broad SMARTS) is 1. The van der Waals surface area contributed by atoms with Crippen molar-refractivity contribution in [1.29, 1.82) is 0 Å². The Kier molecular flexibility index (Phi) is 5.37. The third kappa shape index (κ3) is 3.90. The van der Waals surface area contributed by atoms with Crippen LogP contribution < -0.4 is 0 Å². The molecule has 1 aliphatic heterocycles. The number of fused-ring (bicyclic) bond motifs is 1. The molecule has 0 saturated heterocycles. The van der Waals surface area contributed by atoms with E-state index in [9.17, 15) is 23.1 Å². The maximum Gasteiger partial charge on any atom is 0.416 e. The van der Waals surface area contributed by atoms with Crippen molar-refractivity contribution in [1.82, 2.24) is 14.5 Å². The minimum atomic E-state index is -4.38. The quantitative estimate of drug-likeness (QED) is 0.801. The summed E-state index contributed by atoms with van der Waals surface area (Å²) in [5.74, 6) is 0.805. The molecule has 1 unspecified atom stereocenters. The van der Waals surface area contributed by atoms with E-state index < -0.39 is 23.9 Å². The van der Waals surface area contributed by atoms with Crippen LogP contribution in [0.25, 0.3) is 0 Å². The highest BCUT2D eigenvalue weighted by molar-refractivity contribution is 6.30. The number of carbonyl (C=O) groups is 1. The van der Waals surface area contributed by atoms with Gasteiger partial charge in [-0.05, 0) is 30.5 Å². The van der Waals surface area contributed by atoms with E-state index in [-0.39, 0.29) is 5.15 Å². The van der Waals surface area contributed by atoms with Crippen molar-refractivity contribution < 1.29 is 23.1 Å². The summed E-state index contributed by atoms with van der Waals surface area (Å²) >= 11 is 6.28. The van der Waals surface area contributed by atoms with Crippen LogP contribution in [0.1, 0.15) is 42.0 Å². The smallest absolute Gasteiger partial charge is 0.416 e. The van der Waals surface area contributed by atoms with Gasteiger partial charge in [0, 0.05) is 19.5 Å². The molecule has 0 bridgehead atoms. The average molecular weight is 402 g/mol. The van der Waals surface area contributed by atoms with Crippen molar-refractivity contribution in [3.63, 3.8) is 0 Å². The number of aromatic nitrogens is 2. The maximum atomic E-state index is 12.7. The molecule has 2 aromatic rings. The lowest BCUT2D eigenvalue weighted by Crippen LogP contribution is -2.42. The number of amides is 1. The lowest BCUT2D eigenvalue weighted by molar-refractivity contribution is -0.137. The van der Waals surface area contributed by atoms with Crippen molar-refractivity contribution in [2.75, 3.05) is 6.54 Å². The molecule has 1 aliphatic rings. The monoisotopic (exact) mass is 401 g/mol. The molecule has 5 nitrogen and oxygen atoms in total. The van der Waals surface area contributed by atoms with Gasteiger partial charge in [0.2, 0.25) is 0 Å². The molecule has 1 aromatic heterocycles. The van der Waals surface area contributed by atoms with Crippen molar-refractivity contribution in [3.8, 4) is 0 Å². The largest absolute Gasteiger partial charge is 0.465 e. The Hall–Kier alpha value is -2.22. The Balaban J connectivity index is 1.83. The Morgan fingerprint density at radius 2 is 1.96 bits per heavy atom. The van der Waals surface area contributed by atoms with Crippen LogP contribution in [0.15, 0.2) is 24.3 Å². The molecule has 9 heteroatoms. The number of hydrogen-bond acceptors (Lipinski definition) is 2. The van der Waals surface area contributed by atoms with E-state index in [4.69, 9.17) is 11.6 Å². The van der Waals surface area contributed by atoms with Crippen LogP contribution in [0, 0.1) is 0 Å². The van der Waals surface area contributed by atoms with Crippen LogP contribution in [0.4, 0.5) is 18.0 Å². The minimum absolute atomic E-state index is 0.287. The third-order valence-electron chi connectivity index (χ3n) is 4.85. The highest BCUT2D eigenvalue weighted by atomic mass is 35.5. The highest BCUT2D eigenvalue weighted by Crippen LogP contribution is 2.36. The van der Waals surface area contributed by atoms with Gasteiger partial charge in [-0.2, -0.15) is 13.2 Å². The molecule has 1 amide bonds. The lowest BCUT2D eigenvalue weighted by atomic mass is 9.99. The van der Waals surface area contributed by atoms with Crippen molar-refractivity contribution in [2.24, 2.45) is 0 Å². The number of imidazole rings is 1. The van der Waals surface area contributed by atoms with Gasteiger partial charge in [-0.15, -0.1) is 0 Å². The van der Waals surface area contributed by atoms with Crippen molar-refractivity contribution in [3.05, 3.63) is 52.1 Å². The molecule has 0 aliphatic carbocycles. The lowest BCUT2D eigenvalue weighted by Gasteiger charge is -2.35. The minimum Gasteiger partial charge on any atom is -0.465 e. The zero-order valence-electron chi connectivity index (χ0n) is 14.6. The molecule has 0 saturated carbocycles. The van der Waals surface area contributed by atoms with Gasteiger partial charge in [0.25, 0.3) is 0 Å². The Bertz CT molecular complexity index is 834. The van der Waals surface area contributed by atoms with E-state index >= 15 is 0 Å². The van der Waals surface area contributed by atoms with E-state index in [2.05, 4.69) is 4.98 Å². The van der Waals surface area contributed by atoms with E-state index in [1.54, 1.807) is 0 Å². The molecule has 27 heavy (non-hydrogen) atoms. The summed E-state index contributed by atoms with van der Waals surface area (Å²) < 4.78 is 40.0. The molecule has 0 fully saturated rings. The summed E-state index contributed by atoms with van der Waals surface area (Å²) in [6.07, 6.45) is -3.91. The second-order valence-electron chi connectivity index (χ2n) is 6.43. The topological polar surface area (TPSA) is 58.4 Å². The normalized spacial score (nSPS) is 17.1. The zero-order valence-corrected chi connectivity index (χ0v) is 15.4. The number of benzene rings is 1. The number of aryl methyl sites for hydroxylation is 2. The number of rotatable bonds is 4. The van der Waals surface area contributed by atoms with Gasteiger partial charge in [-0.3, -0.25) is 4.90 Å².